The Morgan fingerprint density at radius 1 is 0.625 bits per heavy atom. The summed E-state index contributed by atoms with van der Waals surface area (Å²) in [5, 5.41) is -0.640. The molecular weight excluding hydrogens is 412 g/mol. The molecule has 0 spiro atoms. The van der Waals surface area contributed by atoms with Crippen LogP contribution in [0.1, 0.15) is 36.1 Å². The molecule has 0 heterocycles. The van der Waals surface area contributed by atoms with Crippen molar-refractivity contribution >= 4 is 9.84 Å². The van der Waals surface area contributed by atoms with Crippen molar-refractivity contribution in [3.63, 3.8) is 0 Å². The average molecular weight is 439 g/mol. The summed E-state index contributed by atoms with van der Waals surface area (Å²) >= 11 is 0. The molecule has 0 aliphatic heterocycles. The maximum atomic E-state index is 14.1. The summed E-state index contributed by atoms with van der Waals surface area (Å²) < 4.78 is 28.2. The zero-order valence-electron chi connectivity index (χ0n) is 18.3. The first-order valence-corrected chi connectivity index (χ1v) is 12.6. The molecule has 0 amide bonds. The van der Waals surface area contributed by atoms with Crippen LogP contribution in [0.2, 0.25) is 0 Å². The minimum atomic E-state index is -3.61. The molecule has 0 saturated carbocycles. The molecule has 0 aromatic heterocycles. The number of rotatable bonds is 4. The van der Waals surface area contributed by atoms with E-state index >= 15 is 0 Å². The third kappa shape index (κ3) is 3.28. The molecule has 4 aromatic carbocycles. The third-order valence-electron chi connectivity index (χ3n) is 6.53. The van der Waals surface area contributed by atoms with Gasteiger partial charge in [-0.05, 0) is 51.4 Å². The Labute approximate surface area is 190 Å². The fourth-order valence-electron chi connectivity index (χ4n) is 5.16. The lowest BCUT2D eigenvalue weighted by atomic mass is 9.71. The Balaban J connectivity index is 1.85. The largest absolute Gasteiger partial charge is 0.223 e. The normalized spacial score (nSPS) is 17.6. The summed E-state index contributed by atoms with van der Waals surface area (Å²) in [6.45, 7) is 4.27. The van der Waals surface area contributed by atoms with Crippen molar-refractivity contribution in [1.82, 2.24) is 0 Å². The Morgan fingerprint density at radius 2 is 1.19 bits per heavy atom. The minimum Gasteiger partial charge on any atom is -0.223 e. The van der Waals surface area contributed by atoms with Crippen LogP contribution in [0.4, 0.5) is 0 Å². The van der Waals surface area contributed by atoms with Crippen molar-refractivity contribution < 1.29 is 8.42 Å². The SMILES string of the molecule is CC(C)[C@@H]1c2c(-c3ccccc3)cccc2-c2ccccc2[C@H]1S(=O)(=O)c1ccccc1. The highest BCUT2D eigenvalue weighted by atomic mass is 32.2. The Bertz CT molecular complexity index is 1340. The predicted octanol–water partition coefficient (Wildman–Crippen LogP) is 7.29. The molecule has 5 rings (SSSR count). The van der Waals surface area contributed by atoms with Crippen LogP contribution < -0.4 is 0 Å². The van der Waals surface area contributed by atoms with Gasteiger partial charge >= 0.3 is 0 Å². The maximum absolute atomic E-state index is 14.1. The van der Waals surface area contributed by atoms with Gasteiger partial charge in [0.2, 0.25) is 0 Å². The van der Waals surface area contributed by atoms with Gasteiger partial charge in [-0.1, -0.05) is 105 Å². The van der Waals surface area contributed by atoms with Crippen LogP contribution in [0.15, 0.2) is 108 Å². The Hall–Kier alpha value is -3.17. The smallest absolute Gasteiger partial charge is 0.186 e. The first-order chi connectivity index (χ1) is 15.5. The lowest BCUT2D eigenvalue weighted by Gasteiger charge is -2.39. The fraction of sp³-hybridized carbons (Fsp3) is 0.172. The van der Waals surface area contributed by atoms with Crippen LogP contribution in [0, 0.1) is 5.92 Å². The van der Waals surface area contributed by atoms with Crippen LogP contribution in [0.25, 0.3) is 22.3 Å². The van der Waals surface area contributed by atoms with Crippen molar-refractivity contribution in [2.75, 3.05) is 0 Å². The lowest BCUT2D eigenvalue weighted by Crippen LogP contribution is -2.29. The fourth-order valence-corrected chi connectivity index (χ4v) is 7.37. The van der Waals surface area contributed by atoms with E-state index in [1.54, 1.807) is 24.3 Å². The minimum absolute atomic E-state index is 0.135. The van der Waals surface area contributed by atoms with E-state index in [9.17, 15) is 8.42 Å². The number of benzene rings is 4. The summed E-state index contributed by atoms with van der Waals surface area (Å²) in [5.41, 5.74) is 6.42. The maximum Gasteiger partial charge on any atom is 0.186 e. The first kappa shape index (κ1) is 20.7. The highest BCUT2D eigenvalue weighted by Crippen LogP contribution is 2.55. The standard InChI is InChI=1S/C29H26O2S/c1-20(2)27-28-23(21-12-5-3-6-13-21)18-11-19-25(28)24-16-9-10-17-26(24)29(27)32(30,31)22-14-7-4-8-15-22/h3-20,27,29H,1-2H3/t27-,29-/m1/s1. The monoisotopic (exact) mass is 438 g/mol. The van der Waals surface area contributed by atoms with Crippen LogP contribution in [0.5, 0.6) is 0 Å². The van der Waals surface area contributed by atoms with Crippen molar-refractivity contribution in [3.8, 4) is 22.3 Å². The molecule has 2 nitrogen and oxygen atoms in total. The number of hydrogen-bond acceptors (Lipinski definition) is 2. The van der Waals surface area contributed by atoms with E-state index in [4.69, 9.17) is 0 Å². The number of hydrogen-bond donors (Lipinski definition) is 0. The molecule has 0 unspecified atom stereocenters. The number of fused-ring (bicyclic) bond motifs is 3. The third-order valence-corrected chi connectivity index (χ3v) is 8.68. The summed E-state index contributed by atoms with van der Waals surface area (Å²) in [6.07, 6.45) is 0. The van der Waals surface area contributed by atoms with Gasteiger partial charge in [-0.15, -0.1) is 0 Å². The van der Waals surface area contributed by atoms with Gasteiger partial charge in [0.15, 0.2) is 9.84 Å². The van der Waals surface area contributed by atoms with E-state index in [-0.39, 0.29) is 11.8 Å². The average Bonchev–Trinajstić information content (AvgIpc) is 2.83. The van der Waals surface area contributed by atoms with Crippen LogP contribution >= 0.6 is 0 Å². The molecule has 3 heteroatoms. The molecule has 1 aliphatic carbocycles. The van der Waals surface area contributed by atoms with E-state index in [1.807, 2.05) is 42.5 Å². The Morgan fingerprint density at radius 3 is 1.88 bits per heavy atom. The quantitative estimate of drug-likeness (QED) is 0.335. The summed E-state index contributed by atoms with van der Waals surface area (Å²) in [6, 6.07) is 33.5. The van der Waals surface area contributed by atoms with Gasteiger partial charge in [-0.2, -0.15) is 0 Å². The van der Waals surface area contributed by atoms with Gasteiger partial charge in [-0.3, -0.25) is 0 Å². The topological polar surface area (TPSA) is 34.1 Å². The van der Waals surface area contributed by atoms with E-state index in [1.165, 1.54) is 0 Å². The zero-order chi connectivity index (χ0) is 22.3. The molecule has 4 aromatic rings. The van der Waals surface area contributed by atoms with Crippen LogP contribution in [-0.2, 0) is 9.84 Å². The highest BCUT2D eigenvalue weighted by molar-refractivity contribution is 7.91. The van der Waals surface area contributed by atoms with Crippen molar-refractivity contribution in [3.05, 3.63) is 114 Å². The van der Waals surface area contributed by atoms with E-state index in [2.05, 4.69) is 50.2 Å². The Kier molecular flexibility index (Phi) is 5.22. The van der Waals surface area contributed by atoms with Crippen molar-refractivity contribution in [2.24, 2.45) is 5.92 Å². The molecule has 1 aliphatic rings. The van der Waals surface area contributed by atoms with Crippen molar-refractivity contribution in [2.45, 2.75) is 29.9 Å². The molecule has 0 radical (unpaired) electrons. The summed E-state index contributed by atoms with van der Waals surface area (Å²) in [4.78, 5) is 0.381. The second-order valence-corrected chi connectivity index (χ2v) is 10.8. The van der Waals surface area contributed by atoms with Gasteiger partial charge in [0.05, 0.1) is 10.1 Å². The van der Waals surface area contributed by atoms with Gasteiger partial charge in [0, 0.05) is 5.92 Å². The predicted molar refractivity (Wildman–Crippen MR) is 131 cm³/mol. The van der Waals surface area contributed by atoms with E-state index in [0.29, 0.717) is 4.90 Å². The molecule has 0 bridgehead atoms. The molecular formula is C29H26O2S. The van der Waals surface area contributed by atoms with Crippen LogP contribution in [-0.4, -0.2) is 8.42 Å². The first-order valence-electron chi connectivity index (χ1n) is 11.1. The molecule has 0 N–H and O–H groups in total. The second kappa shape index (κ2) is 8.07. The zero-order valence-corrected chi connectivity index (χ0v) is 19.1. The van der Waals surface area contributed by atoms with Gasteiger partial charge in [-0.25, -0.2) is 8.42 Å². The van der Waals surface area contributed by atoms with Gasteiger partial charge < -0.3 is 0 Å². The van der Waals surface area contributed by atoms with Crippen molar-refractivity contribution in [1.29, 1.82) is 0 Å². The number of sulfone groups is 1. The molecule has 0 fully saturated rings. The van der Waals surface area contributed by atoms with Gasteiger partial charge in [0.25, 0.3) is 0 Å². The highest BCUT2D eigenvalue weighted by Gasteiger charge is 2.44. The van der Waals surface area contributed by atoms with Gasteiger partial charge in [0.1, 0.15) is 0 Å². The molecule has 0 saturated heterocycles. The van der Waals surface area contributed by atoms with E-state index in [0.717, 1.165) is 33.4 Å². The van der Waals surface area contributed by atoms with Crippen LogP contribution in [0.3, 0.4) is 0 Å². The molecule has 32 heavy (non-hydrogen) atoms. The summed E-state index contributed by atoms with van der Waals surface area (Å²) in [7, 11) is -3.61. The lowest BCUT2D eigenvalue weighted by molar-refractivity contribution is 0.463. The van der Waals surface area contributed by atoms with E-state index < -0.39 is 15.1 Å². The molecule has 2 atom stereocenters. The second-order valence-electron chi connectivity index (χ2n) is 8.77. The molecule has 160 valence electrons. The summed E-state index contributed by atoms with van der Waals surface area (Å²) in [5.74, 6) is -0.0306.